The van der Waals surface area contributed by atoms with Gasteiger partial charge in [0.05, 0.1) is 11.0 Å². The number of para-hydroxylation sites is 1. The molecule has 8 aromatic carbocycles. The van der Waals surface area contributed by atoms with E-state index in [0.29, 0.717) is 0 Å². The van der Waals surface area contributed by atoms with Crippen LogP contribution in [0.5, 0.6) is 0 Å². The zero-order chi connectivity index (χ0) is 43.6. The Kier molecular flexibility index (Phi) is 7.59. The number of furan rings is 1. The quantitative estimate of drug-likeness (QED) is 0.180. The van der Waals surface area contributed by atoms with E-state index < -0.39 is 0 Å². The molecule has 0 spiro atoms. The van der Waals surface area contributed by atoms with E-state index in [4.69, 9.17) is 4.42 Å². The van der Waals surface area contributed by atoms with Crippen LogP contribution < -0.4 is 16.2 Å². The van der Waals surface area contributed by atoms with E-state index >= 15 is 0 Å². The van der Waals surface area contributed by atoms with Gasteiger partial charge < -0.3 is 14.3 Å². The minimum atomic E-state index is -0.167. The summed E-state index contributed by atoms with van der Waals surface area (Å²) in [7, 11) is 2.47. The fourth-order valence-corrected chi connectivity index (χ4v) is 12.4. The number of hydrogen-bond donors (Lipinski definition) is 1. The highest BCUT2D eigenvalue weighted by Crippen LogP contribution is 2.54. The summed E-state index contributed by atoms with van der Waals surface area (Å²) < 4.78 is 11.8. The SMILES string of the molecule is CC(C)(C)c1ccc(Nc2cc3c(cc2-c2c4c5c(c6cc(C(C)(C)C)ccc6n5-c5cc6c(cc5[B]4)oc4ccccc46)c4sc5ccccc5c24)-c2ccccc2C3(C)C)cc1. The summed E-state index contributed by atoms with van der Waals surface area (Å²) in [4.78, 5) is 0. The van der Waals surface area contributed by atoms with Crippen molar-refractivity contribution in [2.75, 3.05) is 5.32 Å². The van der Waals surface area contributed by atoms with Gasteiger partial charge in [-0.15, -0.1) is 11.3 Å². The summed E-state index contributed by atoms with van der Waals surface area (Å²) in [5.41, 5.74) is 20.4. The number of nitrogens with one attached hydrogen (secondary N) is 1. The third kappa shape index (κ3) is 5.22. The predicted molar refractivity (Wildman–Crippen MR) is 276 cm³/mol. The number of aromatic nitrogens is 1. The topological polar surface area (TPSA) is 30.1 Å². The van der Waals surface area contributed by atoms with Gasteiger partial charge in [0.15, 0.2) is 7.28 Å². The fraction of sp³-hybridized carbons (Fsp3) is 0.186. The molecule has 3 nitrogen and oxygen atoms in total. The van der Waals surface area contributed by atoms with Gasteiger partial charge >= 0.3 is 0 Å². The number of hydrogen-bond acceptors (Lipinski definition) is 3. The van der Waals surface area contributed by atoms with Crippen LogP contribution in [0.25, 0.3) is 91.9 Å². The molecule has 3 aromatic heterocycles. The molecule has 309 valence electrons. The van der Waals surface area contributed by atoms with Crippen molar-refractivity contribution in [1.82, 2.24) is 4.57 Å². The number of nitrogens with zero attached hydrogens (tertiary/aromatic N) is 1. The van der Waals surface area contributed by atoms with Gasteiger partial charge in [0.2, 0.25) is 0 Å². The second-order valence-electron chi connectivity index (χ2n) is 20.8. The predicted octanol–water partition coefficient (Wildman–Crippen LogP) is 15.3. The average molecular weight is 844 g/mol. The van der Waals surface area contributed by atoms with E-state index in [0.717, 1.165) is 38.8 Å². The third-order valence-electron chi connectivity index (χ3n) is 14.5. The zero-order valence-corrected chi connectivity index (χ0v) is 38.4. The van der Waals surface area contributed by atoms with Gasteiger partial charge in [-0.2, -0.15) is 0 Å². The lowest BCUT2D eigenvalue weighted by molar-refractivity contribution is 0.590. The highest BCUT2D eigenvalue weighted by Gasteiger charge is 2.38. The Morgan fingerprint density at radius 3 is 2.11 bits per heavy atom. The van der Waals surface area contributed by atoms with Gasteiger partial charge in [-0.25, -0.2) is 0 Å². The number of anilines is 2. The minimum absolute atomic E-state index is 0.0170. The van der Waals surface area contributed by atoms with Gasteiger partial charge in [0.1, 0.15) is 11.2 Å². The van der Waals surface area contributed by atoms with Crippen LogP contribution in [0, 0.1) is 0 Å². The molecule has 11 aromatic rings. The summed E-state index contributed by atoms with van der Waals surface area (Å²) >= 11 is 1.94. The van der Waals surface area contributed by atoms with Crippen LogP contribution >= 0.6 is 11.3 Å². The Morgan fingerprint density at radius 2 is 1.31 bits per heavy atom. The van der Waals surface area contributed by atoms with E-state index in [2.05, 4.69) is 212 Å². The molecular weight excluding hydrogens is 796 g/mol. The third-order valence-corrected chi connectivity index (χ3v) is 15.7. The van der Waals surface area contributed by atoms with Crippen LogP contribution in [0.4, 0.5) is 11.4 Å². The maximum atomic E-state index is 6.61. The molecule has 0 atom stereocenters. The molecule has 0 bridgehead atoms. The Bertz CT molecular complexity index is 3830. The van der Waals surface area contributed by atoms with Gasteiger partial charge in [0, 0.05) is 69.8 Å². The van der Waals surface area contributed by atoms with Crippen molar-refractivity contribution in [3.63, 3.8) is 0 Å². The van der Waals surface area contributed by atoms with Gasteiger partial charge in [-0.05, 0) is 116 Å². The number of fused-ring (bicyclic) bond motifs is 15. The molecule has 4 heterocycles. The molecule has 0 amide bonds. The largest absolute Gasteiger partial charge is 0.456 e. The van der Waals surface area contributed by atoms with Crippen LogP contribution in [-0.2, 0) is 16.2 Å². The molecule has 0 saturated heterocycles. The highest BCUT2D eigenvalue weighted by molar-refractivity contribution is 7.27. The first-order valence-corrected chi connectivity index (χ1v) is 23.5. The average Bonchev–Trinajstić information content (AvgIpc) is 4.00. The van der Waals surface area contributed by atoms with Crippen molar-refractivity contribution < 1.29 is 4.42 Å². The van der Waals surface area contributed by atoms with E-state index in [1.54, 1.807) is 0 Å². The maximum Gasteiger partial charge on any atom is 0.198 e. The maximum absolute atomic E-state index is 6.61. The molecular formula is C59H48BN2OS. The first kappa shape index (κ1) is 38.0. The number of benzene rings is 8. The van der Waals surface area contributed by atoms with Crippen molar-refractivity contribution in [3.05, 3.63) is 162 Å². The van der Waals surface area contributed by atoms with Crippen molar-refractivity contribution in [2.24, 2.45) is 0 Å². The molecule has 1 aliphatic heterocycles. The monoisotopic (exact) mass is 843 g/mol. The lowest BCUT2D eigenvalue weighted by atomic mass is 9.58. The number of rotatable bonds is 3. The van der Waals surface area contributed by atoms with Crippen LogP contribution in [0.1, 0.15) is 77.6 Å². The highest BCUT2D eigenvalue weighted by atomic mass is 32.1. The van der Waals surface area contributed by atoms with Crippen LogP contribution in [-0.4, -0.2) is 11.8 Å². The molecule has 0 fully saturated rings. The smallest absolute Gasteiger partial charge is 0.198 e. The van der Waals surface area contributed by atoms with Crippen molar-refractivity contribution in [2.45, 2.75) is 71.6 Å². The Balaban J connectivity index is 1.20. The summed E-state index contributed by atoms with van der Waals surface area (Å²) in [6.45, 7) is 18.6. The standard InChI is InChI=1S/C59H48BN2OS/c1-57(2,3)32-21-24-34(25-22-32)61-45-30-43-38(35-15-9-12-18-42(35)59(43,7)8)28-40(45)51-52-37-17-11-14-20-50(37)64-56(52)53-41-27-33(58(4,5)6)23-26-46(41)62-47-29-39-36-16-10-13-19-48(36)63-49(39)31-44(47)60-54(51)55(53)62/h9-31,61H,1-8H3. The van der Waals surface area contributed by atoms with Crippen LogP contribution in [0.2, 0.25) is 0 Å². The van der Waals surface area contributed by atoms with Gasteiger partial charge in [0.25, 0.3) is 0 Å². The summed E-state index contributed by atoms with van der Waals surface area (Å²) in [6, 6.07) is 52.5. The molecule has 64 heavy (non-hydrogen) atoms. The van der Waals surface area contributed by atoms with E-state index in [1.165, 1.54) is 97.6 Å². The summed E-state index contributed by atoms with van der Waals surface area (Å²) in [6.07, 6.45) is 0. The molecule has 0 saturated carbocycles. The lowest BCUT2D eigenvalue weighted by Crippen LogP contribution is -2.37. The molecule has 1 radical (unpaired) electrons. The molecule has 0 unspecified atom stereocenters. The Labute approximate surface area is 378 Å². The summed E-state index contributed by atoms with van der Waals surface area (Å²) in [5, 5.41) is 11.6. The first-order chi connectivity index (χ1) is 30.7. The zero-order valence-electron chi connectivity index (χ0n) is 37.6. The van der Waals surface area contributed by atoms with E-state index in [9.17, 15) is 0 Å². The molecule has 1 N–H and O–H groups in total. The normalized spacial score (nSPS) is 14.2. The Hall–Kier alpha value is -6.56. The minimum Gasteiger partial charge on any atom is -0.456 e. The summed E-state index contributed by atoms with van der Waals surface area (Å²) in [5.74, 6) is 0. The Morgan fingerprint density at radius 1 is 0.594 bits per heavy atom. The molecule has 13 rings (SSSR count). The van der Waals surface area contributed by atoms with Crippen molar-refractivity contribution >= 4 is 105 Å². The lowest BCUT2D eigenvalue weighted by Gasteiger charge is -2.27. The fourth-order valence-electron chi connectivity index (χ4n) is 11.1. The number of thiophene rings is 1. The molecule has 1 aliphatic carbocycles. The second-order valence-corrected chi connectivity index (χ2v) is 21.9. The van der Waals surface area contributed by atoms with Crippen molar-refractivity contribution in [3.8, 4) is 27.9 Å². The molecule has 2 aliphatic rings. The van der Waals surface area contributed by atoms with Crippen LogP contribution in [0.15, 0.2) is 144 Å². The van der Waals surface area contributed by atoms with Crippen molar-refractivity contribution in [1.29, 1.82) is 0 Å². The van der Waals surface area contributed by atoms with E-state index in [1.807, 2.05) is 11.3 Å². The second kappa shape index (κ2) is 12.8. The van der Waals surface area contributed by atoms with Gasteiger partial charge in [-0.3, -0.25) is 0 Å². The first-order valence-electron chi connectivity index (χ1n) is 22.7. The molecule has 5 heteroatoms. The van der Waals surface area contributed by atoms with Crippen LogP contribution in [0.3, 0.4) is 0 Å². The van der Waals surface area contributed by atoms with E-state index in [-0.39, 0.29) is 16.2 Å². The van der Waals surface area contributed by atoms with Gasteiger partial charge in [-0.1, -0.05) is 140 Å².